The van der Waals surface area contributed by atoms with Gasteiger partial charge in [-0.25, -0.2) is 0 Å². The Morgan fingerprint density at radius 1 is 1.20 bits per heavy atom. The van der Waals surface area contributed by atoms with Crippen molar-refractivity contribution in [2.75, 3.05) is 6.54 Å². The Balaban J connectivity index is 2.29. The van der Waals surface area contributed by atoms with Crippen molar-refractivity contribution < 1.29 is 0 Å². The van der Waals surface area contributed by atoms with Crippen LogP contribution in [0.3, 0.4) is 0 Å². The average molecular weight is 289 g/mol. The second kappa shape index (κ2) is 6.87. The van der Waals surface area contributed by atoms with Crippen LogP contribution < -0.4 is 5.32 Å². The maximum absolute atomic E-state index is 6.23. The van der Waals surface area contributed by atoms with Gasteiger partial charge in [0, 0.05) is 18.4 Å². The van der Waals surface area contributed by atoms with Gasteiger partial charge in [0.25, 0.3) is 0 Å². The van der Waals surface area contributed by atoms with Gasteiger partial charge in [-0.2, -0.15) is 0 Å². The van der Waals surface area contributed by atoms with Crippen LogP contribution in [0, 0.1) is 13.8 Å². The average Bonchev–Trinajstić information content (AvgIpc) is 2.39. The molecule has 0 radical (unpaired) electrons. The zero-order chi connectivity index (χ0) is 14.5. The summed E-state index contributed by atoms with van der Waals surface area (Å²) in [7, 11) is 0. The van der Waals surface area contributed by atoms with E-state index < -0.39 is 0 Å². The number of pyridine rings is 1. The molecule has 0 bridgehead atoms. The summed E-state index contributed by atoms with van der Waals surface area (Å²) in [6.45, 7) is 7.34. The summed E-state index contributed by atoms with van der Waals surface area (Å²) in [5, 5.41) is 4.29. The predicted octanol–water partition coefficient (Wildman–Crippen LogP) is 4.25. The summed E-state index contributed by atoms with van der Waals surface area (Å²) in [6.07, 6.45) is 4.38. The lowest BCUT2D eigenvalue weighted by Crippen LogP contribution is -2.23. The van der Waals surface area contributed by atoms with Crippen LogP contribution in [0.15, 0.2) is 36.7 Å². The number of benzene rings is 1. The molecule has 0 saturated carbocycles. The molecule has 1 aromatic carbocycles. The third-order valence-corrected chi connectivity index (χ3v) is 3.72. The van der Waals surface area contributed by atoms with Crippen LogP contribution in [0.25, 0.3) is 0 Å². The Labute approximate surface area is 126 Å². The molecule has 2 nitrogen and oxygen atoms in total. The fraction of sp³-hybridized carbons (Fsp3) is 0.353. The highest BCUT2D eigenvalue weighted by Gasteiger charge is 2.13. The Morgan fingerprint density at radius 3 is 2.50 bits per heavy atom. The lowest BCUT2D eigenvalue weighted by Gasteiger charge is -2.20. The van der Waals surface area contributed by atoms with Crippen molar-refractivity contribution in [3.05, 3.63) is 63.9 Å². The first-order chi connectivity index (χ1) is 9.60. The van der Waals surface area contributed by atoms with Crippen LogP contribution in [-0.2, 0) is 6.42 Å². The minimum absolute atomic E-state index is 0.276. The van der Waals surface area contributed by atoms with Crippen LogP contribution >= 0.6 is 11.6 Å². The molecule has 0 spiro atoms. The van der Waals surface area contributed by atoms with Crippen molar-refractivity contribution in [2.24, 2.45) is 0 Å². The van der Waals surface area contributed by atoms with E-state index in [1.54, 1.807) is 12.4 Å². The van der Waals surface area contributed by atoms with Gasteiger partial charge in [0.1, 0.15) is 0 Å². The lowest BCUT2D eigenvalue weighted by molar-refractivity contribution is 0.549. The van der Waals surface area contributed by atoms with E-state index in [4.69, 9.17) is 11.6 Å². The van der Waals surface area contributed by atoms with Crippen LogP contribution in [0.5, 0.6) is 0 Å². The van der Waals surface area contributed by atoms with Crippen molar-refractivity contribution in [1.82, 2.24) is 10.3 Å². The molecule has 1 aromatic heterocycles. The SMILES string of the molecule is CCNC(Cc1ccncc1Cl)c1cc(C)cc(C)c1. The van der Waals surface area contributed by atoms with Gasteiger partial charge in [0.05, 0.1) is 5.02 Å². The van der Waals surface area contributed by atoms with Gasteiger partial charge in [0.15, 0.2) is 0 Å². The van der Waals surface area contributed by atoms with E-state index in [0.717, 1.165) is 23.6 Å². The van der Waals surface area contributed by atoms with E-state index in [9.17, 15) is 0 Å². The Bertz CT molecular complexity index is 561. The number of aromatic nitrogens is 1. The number of nitrogens with zero attached hydrogens (tertiary/aromatic N) is 1. The fourth-order valence-corrected chi connectivity index (χ4v) is 2.75. The predicted molar refractivity (Wildman–Crippen MR) is 85.3 cm³/mol. The molecule has 0 amide bonds. The Hall–Kier alpha value is -1.38. The summed E-state index contributed by atoms with van der Waals surface area (Å²) in [6, 6.07) is 8.96. The molecule has 2 rings (SSSR count). The molecule has 106 valence electrons. The number of aryl methyl sites for hydroxylation is 2. The summed E-state index contributed by atoms with van der Waals surface area (Å²) in [5.41, 5.74) is 5.04. The number of halogens is 1. The van der Waals surface area contributed by atoms with E-state index in [-0.39, 0.29) is 6.04 Å². The largest absolute Gasteiger partial charge is 0.310 e. The highest BCUT2D eigenvalue weighted by Crippen LogP contribution is 2.24. The maximum Gasteiger partial charge on any atom is 0.0622 e. The molecule has 1 atom stereocenters. The minimum atomic E-state index is 0.276. The summed E-state index contributed by atoms with van der Waals surface area (Å²) in [5.74, 6) is 0. The number of rotatable bonds is 5. The van der Waals surface area contributed by atoms with Crippen LogP contribution in [0.2, 0.25) is 5.02 Å². The number of likely N-dealkylation sites (N-methyl/N-ethyl adjacent to an activating group) is 1. The second-order valence-corrected chi connectivity index (χ2v) is 5.61. The van der Waals surface area contributed by atoms with Crippen LogP contribution in [-0.4, -0.2) is 11.5 Å². The molecule has 1 heterocycles. The molecule has 0 saturated heterocycles. The molecule has 0 aliphatic heterocycles. The second-order valence-electron chi connectivity index (χ2n) is 5.20. The molecular formula is C17H21ClN2. The molecule has 1 N–H and O–H groups in total. The number of nitrogens with one attached hydrogen (secondary N) is 1. The highest BCUT2D eigenvalue weighted by atomic mass is 35.5. The van der Waals surface area contributed by atoms with E-state index in [0.29, 0.717) is 0 Å². The van der Waals surface area contributed by atoms with E-state index in [1.807, 2.05) is 6.07 Å². The monoisotopic (exact) mass is 288 g/mol. The summed E-state index contributed by atoms with van der Waals surface area (Å²) in [4.78, 5) is 4.05. The first-order valence-electron chi connectivity index (χ1n) is 7.00. The highest BCUT2D eigenvalue weighted by molar-refractivity contribution is 6.31. The molecule has 0 aliphatic rings. The van der Waals surface area contributed by atoms with Crippen molar-refractivity contribution >= 4 is 11.6 Å². The normalized spacial score (nSPS) is 12.4. The third-order valence-electron chi connectivity index (χ3n) is 3.38. The Kier molecular flexibility index (Phi) is 5.16. The van der Waals surface area contributed by atoms with E-state index >= 15 is 0 Å². The van der Waals surface area contributed by atoms with Crippen LogP contribution in [0.1, 0.15) is 35.2 Å². The van der Waals surface area contributed by atoms with Gasteiger partial charge in [-0.1, -0.05) is 47.9 Å². The van der Waals surface area contributed by atoms with Gasteiger partial charge < -0.3 is 5.32 Å². The van der Waals surface area contributed by atoms with Crippen molar-refractivity contribution in [3.8, 4) is 0 Å². The van der Waals surface area contributed by atoms with E-state index in [2.05, 4.69) is 49.3 Å². The minimum Gasteiger partial charge on any atom is -0.310 e. The molecule has 0 fully saturated rings. The Morgan fingerprint density at radius 2 is 1.90 bits per heavy atom. The number of hydrogen-bond acceptors (Lipinski definition) is 2. The maximum atomic E-state index is 6.23. The van der Waals surface area contributed by atoms with Crippen molar-refractivity contribution in [3.63, 3.8) is 0 Å². The van der Waals surface area contributed by atoms with Crippen LogP contribution in [0.4, 0.5) is 0 Å². The zero-order valence-corrected chi connectivity index (χ0v) is 13.0. The molecule has 20 heavy (non-hydrogen) atoms. The first kappa shape index (κ1) is 15.0. The molecule has 3 heteroatoms. The molecule has 2 aromatic rings. The van der Waals surface area contributed by atoms with Gasteiger partial charge in [-0.05, 0) is 44.0 Å². The standard InChI is InChI=1S/C17H21ClN2/c1-4-20-17(10-14-5-6-19-11-16(14)18)15-8-12(2)7-13(3)9-15/h5-9,11,17,20H,4,10H2,1-3H3. The quantitative estimate of drug-likeness (QED) is 0.890. The number of hydrogen-bond donors (Lipinski definition) is 1. The van der Waals surface area contributed by atoms with Gasteiger partial charge in [-0.3, -0.25) is 4.98 Å². The first-order valence-corrected chi connectivity index (χ1v) is 7.38. The third kappa shape index (κ3) is 3.81. The fourth-order valence-electron chi connectivity index (χ4n) is 2.55. The topological polar surface area (TPSA) is 24.9 Å². The molecule has 1 unspecified atom stereocenters. The van der Waals surface area contributed by atoms with Gasteiger partial charge >= 0.3 is 0 Å². The van der Waals surface area contributed by atoms with Crippen molar-refractivity contribution in [2.45, 2.75) is 33.2 Å². The lowest BCUT2D eigenvalue weighted by atomic mass is 9.96. The molecule has 0 aliphatic carbocycles. The smallest absolute Gasteiger partial charge is 0.0622 e. The van der Waals surface area contributed by atoms with Gasteiger partial charge in [-0.15, -0.1) is 0 Å². The molecular weight excluding hydrogens is 268 g/mol. The summed E-state index contributed by atoms with van der Waals surface area (Å²) >= 11 is 6.23. The van der Waals surface area contributed by atoms with Crippen molar-refractivity contribution in [1.29, 1.82) is 0 Å². The summed E-state index contributed by atoms with van der Waals surface area (Å²) < 4.78 is 0. The zero-order valence-electron chi connectivity index (χ0n) is 12.3. The van der Waals surface area contributed by atoms with Gasteiger partial charge in [0.2, 0.25) is 0 Å². The van der Waals surface area contributed by atoms with E-state index in [1.165, 1.54) is 16.7 Å².